The number of aliphatic hydroxyl groups excluding tert-OH is 1. The van der Waals surface area contributed by atoms with Crippen molar-refractivity contribution in [1.29, 1.82) is 0 Å². The van der Waals surface area contributed by atoms with E-state index in [1.807, 2.05) is 0 Å². The molecular weight excluding hydrogens is 245 g/mol. The predicted octanol–water partition coefficient (Wildman–Crippen LogP) is 1.98. The molecular formula is C15H18FNO2. The molecule has 1 aliphatic heterocycles. The summed E-state index contributed by atoms with van der Waals surface area (Å²) in [4.78, 5) is 14.2. The molecule has 1 aliphatic carbocycles. The largest absolute Gasteiger partial charge is 0.393 e. The van der Waals surface area contributed by atoms with Gasteiger partial charge in [-0.15, -0.1) is 0 Å². The van der Waals surface area contributed by atoms with E-state index in [-0.39, 0.29) is 23.7 Å². The Morgan fingerprint density at radius 2 is 2.16 bits per heavy atom. The number of hydrogen-bond acceptors (Lipinski definition) is 2. The number of likely N-dealkylation sites (tertiary alicyclic amines) is 1. The maximum Gasteiger partial charge on any atom is 0.254 e. The highest BCUT2D eigenvalue weighted by atomic mass is 19.1. The van der Waals surface area contributed by atoms with Crippen LogP contribution in [0.25, 0.3) is 0 Å². The van der Waals surface area contributed by atoms with Crippen LogP contribution in [0, 0.1) is 24.6 Å². The minimum absolute atomic E-state index is 0.0425. The molecule has 1 saturated heterocycles. The molecule has 2 fully saturated rings. The number of halogens is 1. The van der Waals surface area contributed by atoms with Gasteiger partial charge in [0.15, 0.2) is 0 Å². The van der Waals surface area contributed by atoms with Gasteiger partial charge in [-0.1, -0.05) is 0 Å². The lowest BCUT2D eigenvalue weighted by Crippen LogP contribution is -2.31. The van der Waals surface area contributed by atoms with Crippen molar-refractivity contribution in [2.75, 3.05) is 13.1 Å². The van der Waals surface area contributed by atoms with Crippen molar-refractivity contribution in [3.63, 3.8) is 0 Å². The van der Waals surface area contributed by atoms with Gasteiger partial charge in [-0.05, 0) is 49.4 Å². The number of hydrogen-bond donors (Lipinski definition) is 1. The van der Waals surface area contributed by atoms with E-state index in [9.17, 15) is 14.3 Å². The first-order valence-corrected chi connectivity index (χ1v) is 6.80. The first-order valence-electron chi connectivity index (χ1n) is 6.80. The third-order valence-corrected chi connectivity index (χ3v) is 4.53. The van der Waals surface area contributed by atoms with Crippen molar-refractivity contribution in [3.05, 3.63) is 35.1 Å². The Kier molecular flexibility index (Phi) is 3.05. The summed E-state index contributed by atoms with van der Waals surface area (Å²) in [5, 5.41) is 9.87. The molecule has 3 unspecified atom stereocenters. The van der Waals surface area contributed by atoms with Crippen LogP contribution in [0.1, 0.15) is 28.8 Å². The smallest absolute Gasteiger partial charge is 0.254 e. The van der Waals surface area contributed by atoms with Gasteiger partial charge < -0.3 is 10.0 Å². The summed E-state index contributed by atoms with van der Waals surface area (Å²) in [6, 6.07) is 4.27. The summed E-state index contributed by atoms with van der Waals surface area (Å²) in [6.07, 6.45) is 1.59. The number of aryl methyl sites for hydroxylation is 1. The highest BCUT2D eigenvalue weighted by molar-refractivity contribution is 5.95. The van der Waals surface area contributed by atoms with E-state index in [1.165, 1.54) is 12.1 Å². The van der Waals surface area contributed by atoms with Crippen LogP contribution < -0.4 is 0 Å². The van der Waals surface area contributed by atoms with Crippen molar-refractivity contribution >= 4 is 5.91 Å². The van der Waals surface area contributed by atoms with Gasteiger partial charge in [0.1, 0.15) is 5.82 Å². The quantitative estimate of drug-likeness (QED) is 0.841. The second-order valence-corrected chi connectivity index (χ2v) is 5.74. The molecule has 0 spiro atoms. The number of rotatable bonds is 1. The van der Waals surface area contributed by atoms with Crippen molar-refractivity contribution in [1.82, 2.24) is 4.90 Å². The van der Waals surface area contributed by atoms with Gasteiger partial charge in [-0.2, -0.15) is 0 Å². The summed E-state index contributed by atoms with van der Waals surface area (Å²) < 4.78 is 13.1. The standard InChI is InChI=1S/C15H18FNO2/c1-9-6-11(16)3-4-12(9)15(19)17-7-10-2-5-14(18)13(10)8-17/h3-4,6,10,13-14,18H,2,5,7-8H2,1H3. The topological polar surface area (TPSA) is 40.5 Å². The summed E-state index contributed by atoms with van der Waals surface area (Å²) in [7, 11) is 0. The molecule has 4 heteroatoms. The average molecular weight is 263 g/mol. The molecule has 1 aromatic carbocycles. The van der Waals surface area contributed by atoms with Gasteiger partial charge >= 0.3 is 0 Å². The molecule has 1 N–H and O–H groups in total. The van der Waals surface area contributed by atoms with Crippen LogP contribution in [0.15, 0.2) is 18.2 Å². The highest BCUT2D eigenvalue weighted by Gasteiger charge is 2.43. The molecule has 0 radical (unpaired) electrons. The predicted molar refractivity (Wildman–Crippen MR) is 69.3 cm³/mol. The van der Waals surface area contributed by atoms with E-state index in [0.29, 0.717) is 23.6 Å². The van der Waals surface area contributed by atoms with Gasteiger partial charge in [0, 0.05) is 24.6 Å². The van der Waals surface area contributed by atoms with Crippen LogP contribution in [-0.2, 0) is 0 Å². The fourth-order valence-electron chi connectivity index (χ4n) is 3.44. The average Bonchev–Trinajstić information content (AvgIpc) is 2.91. The second-order valence-electron chi connectivity index (χ2n) is 5.74. The molecule has 0 bridgehead atoms. The van der Waals surface area contributed by atoms with E-state index in [4.69, 9.17) is 0 Å². The van der Waals surface area contributed by atoms with E-state index in [1.54, 1.807) is 17.9 Å². The van der Waals surface area contributed by atoms with Crippen molar-refractivity contribution < 1.29 is 14.3 Å². The summed E-state index contributed by atoms with van der Waals surface area (Å²) in [5.41, 5.74) is 1.23. The molecule has 1 saturated carbocycles. The van der Waals surface area contributed by atoms with Crippen LogP contribution in [0.5, 0.6) is 0 Å². The Labute approximate surface area is 112 Å². The molecule has 2 aliphatic rings. The Bertz CT molecular complexity index is 517. The summed E-state index contributed by atoms with van der Waals surface area (Å²) in [6.45, 7) is 3.10. The normalized spacial score (nSPS) is 29.6. The Morgan fingerprint density at radius 3 is 2.84 bits per heavy atom. The van der Waals surface area contributed by atoms with Gasteiger partial charge in [0.05, 0.1) is 6.10 Å². The number of fused-ring (bicyclic) bond motifs is 1. The Morgan fingerprint density at radius 1 is 1.37 bits per heavy atom. The first-order chi connectivity index (χ1) is 9.06. The fourth-order valence-corrected chi connectivity index (χ4v) is 3.44. The number of carbonyl (C=O) groups is 1. The highest BCUT2D eigenvalue weighted by Crippen LogP contribution is 2.38. The number of benzene rings is 1. The molecule has 1 amide bonds. The van der Waals surface area contributed by atoms with E-state index >= 15 is 0 Å². The van der Waals surface area contributed by atoms with Crippen LogP contribution in [0.2, 0.25) is 0 Å². The third kappa shape index (κ3) is 2.14. The zero-order chi connectivity index (χ0) is 13.6. The monoisotopic (exact) mass is 263 g/mol. The number of carbonyl (C=O) groups excluding carboxylic acids is 1. The zero-order valence-corrected chi connectivity index (χ0v) is 11.0. The maximum absolute atomic E-state index is 13.1. The van der Waals surface area contributed by atoms with Crippen LogP contribution >= 0.6 is 0 Å². The molecule has 1 heterocycles. The number of aliphatic hydroxyl groups is 1. The Balaban J connectivity index is 1.78. The van der Waals surface area contributed by atoms with Gasteiger partial charge in [0.2, 0.25) is 0 Å². The fraction of sp³-hybridized carbons (Fsp3) is 0.533. The summed E-state index contributed by atoms with van der Waals surface area (Å²) in [5.74, 6) is 0.297. The minimum Gasteiger partial charge on any atom is -0.393 e. The number of nitrogens with zero attached hydrogens (tertiary/aromatic N) is 1. The van der Waals surface area contributed by atoms with Crippen molar-refractivity contribution in [2.24, 2.45) is 11.8 Å². The Hall–Kier alpha value is -1.42. The first kappa shape index (κ1) is 12.6. The molecule has 19 heavy (non-hydrogen) atoms. The molecule has 102 valence electrons. The minimum atomic E-state index is -0.317. The molecule has 1 aromatic rings. The lowest BCUT2D eigenvalue weighted by molar-refractivity contribution is 0.0751. The summed E-state index contributed by atoms with van der Waals surface area (Å²) >= 11 is 0. The second kappa shape index (κ2) is 4.60. The third-order valence-electron chi connectivity index (χ3n) is 4.53. The lowest BCUT2D eigenvalue weighted by Gasteiger charge is -2.19. The van der Waals surface area contributed by atoms with Crippen LogP contribution in [0.4, 0.5) is 4.39 Å². The molecule has 3 nitrogen and oxygen atoms in total. The van der Waals surface area contributed by atoms with Gasteiger partial charge in [-0.25, -0.2) is 4.39 Å². The van der Waals surface area contributed by atoms with E-state index < -0.39 is 0 Å². The van der Waals surface area contributed by atoms with Crippen molar-refractivity contribution in [2.45, 2.75) is 25.9 Å². The van der Waals surface area contributed by atoms with E-state index in [0.717, 1.165) is 19.4 Å². The lowest BCUT2D eigenvalue weighted by atomic mass is 10.00. The number of amides is 1. The van der Waals surface area contributed by atoms with Crippen LogP contribution in [0.3, 0.4) is 0 Å². The SMILES string of the molecule is Cc1cc(F)ccc1C(=O)N1CC2CCC(O)C2C1. The van der Waals surface area contributed by atoms with Gasteiger partial charge in [-0.3, -0.25) is 4.79 Å². The van der Waals surface area contributed by atoms with Crippen molar-refractivity contribution in [3.8, 4) is 0 Å². The molecule has 3 atom stereocenters. The molecule has 0 aromatic heterocycles. The van der Waals surface area contributed by atoms with E-state index in [2.05, 4.69) is 0 Å². The zero-order valence-electron chi connectivity index (χ0n) is 11.0. The van der Waals surface area contributed by atoms with Gasteiger partial charge in [0.25, 0.3) is 5.91 Å². The maximum atomic E-state index is 13.1. The van der Waals surface area contributed by atoms with Crippen LogP contribution in [-0.4, -0.2) is 35.1 Å². The molecule has 3 rings (SSSR count).